The highest BCUT2D eigenvalue weighted by Gasteiger charge is 2.26. The van der Waals surface area contributed by atoms with Crippen LogP contribution in [0.2, 0.25) is 0 Å². The van der Waals surface area contributed by atoms with Gasteiger partial charge in [0.25, 0.3) is 0 Å². The summed E-state index contributed by atoms with van der Waals surface area (Å²) in [5, 5.41) is 5.85. The molecule has 0 radical (unpaired) electrons. The Hall–Kier alpha value is -1.39. The molecule has 1 amide bonds. The molecule has 5 heteroatoms. The number of hydrogen-bond acceptors (Lipinski definition) is 3. The van der Waals surface area contributed by atoms with Gasteiger partial charge in [-0.1, -0.05) is 24.3 Å². The molecule has 21 heavy (non-hydrogen) atoms. The van der Waals surface area contributed by atoms with E-state index in [4.69, 9.17) is 11.6 Å². The molecule has 0 unspecified atom stereocenters. The summed E-state index contributed by atoms with van der Waals surface area (Å²) in [6.45, 7) is 6.16. The van der Waals surface area contributed by atoms with Crippen molar-refractivity contribution in [2.45, 2.75) is 27.3 Å². The molecule has 112 valence electrons. The molecule has 3 nitrogen and oxygen atoms in total. The average molecular weight is 323 g/mol. The first-order valence-corrected chi connectivity index (χ1v) is 8.20. The van der Waals surface area contributed by atoms with Gasteiger partial charge in [-0.3, -0.25) is 4.79 Å². The zero-order valence-electron chi connectivity index (χ0n) is 12.4. The minimum Gasteiger partial charge on any atom is -0.350 e. The van der Waals surface area contributed by atoms with Gasteiger partial charge in [-0.2, -0.15) is 0 Å². The van der Waals surface area contributed by atoms with Gasteiger partial charge in [-0.25, -0.2) is 4.98 Å². The van der Waals surface area contributed by atoms with Crippen molar-refractivity contribution in [3.8, 4) is 10.6 Å². The van der Waals surface area contributed by atoms with Crippen molar-refractivity contribution in [2.75, 3.05) is 5.88 Å². The van der Waals surface area contributed by atoms with Gasteiger partial charge in [0, 0.05) is 16.8 Å². The summed E-state index contributed by atoms with van der Waals surface area (Å²) in [5.74, 6) is 0.243. The third kappa shape index (κ3) is 3.83. The molecule has 1 aromatic heterocycles. The second kappa shape index (κ2) is 6.58. The van der Waals surface area contributed by atoms with Crippen LogP contribution in [0, 0.1) is 12.3 Å². The fourth-order valence-corrected chi connectivity index (χ4v) is 2.83. The minimum absolute atomic E-state index is 0.0528. The van der Waals surface area contributed by atoms with Crippen molar-refractivity contribution in [2.24, 2.45) is 5.41 Å². The fraction of sp³-hybridized carbons (Fsp3) is 0.375. The lowest BCUT2D eigenvalue weighted by atomic mass is 9.95. The maximum Gasteiger partial charge on any atom is 0.227 e. The van der Waals surface area contributed by atoms with Crippen molar-refractivity contribution in [1.29, 1.82) is 0 Å². The first kappa shape index (κ1) is 16.0. The standard InChI is InChI=1S/C16H19ClN2OS/c1-11-6-4-5-7-13(11)14-19-12(9-21-14)8-18-15(20)16(2,3)10-17/h4-7,9H,8,10H2,1-3H3,(H,18,20). The number of aryl methyl sites for hydroxylation is 1. The SMILES string of the molecule is Cc1ccccc1-c1nc(CNC(=O)C(C)(C)CCl)cs1. The van der Waals surface area contributed by atoms with Crippen molar-refractivity contribution in [3.63, 3.8) is 0 Å². The van der Waals surface area contributed by atoms with E-state index in [0.29, 0.717) is 12.4 Å². The summed E-state index contributed by atoms with van der Waals surface area (Å²) in [6, 6.07) is 8.16. The maximum atomic E-state index is 12.0. The molecule has 2 aromatic rings. The van der Waals surface area contributed by atoms with Gasteiger partial charge < -0.3 is 5.32 Å². The molecule has 1 aromatic carbocycles. The van der Waals surface area contributed by atoms with Crippen molar-refractivity contribution >= 4 is 28.8 Å². The van der Waals surface area contributed by atoms with E-state index in [0.717, 1.165) is 16.3 Å². The van der Waals surface area contributed by atoms with Crippen LogP contribution < -0.4 is 5.32 Å². The number of carbonyl (C=O) groups is 1. The molecule has 0 fully saturated rings. The quantitative estimate of drug-likeness (QED) is 0.845. The van der Waals surface area contributed by atoms with Crippen LogP contribution in [0.4, 0.5) is 0 Å². The Kier molecular flexibility index (Phi) is 5.01. The van der Waals surface area contributed by atoms with Crippen LogP contribution in [0.5, 0.6) is 0 Å². The molecule has 2 rings (SSSR count). The first-order valence-electron chi connectivity index (χ1n) is 6.79. The Balaban J connectivity index is 2.05. The smallest absolute Gasteiger partial charge is 0.227 e. The number of aromatic nitrogens is 1. The maximum absolute atomic E-state index is 12.0. The van der Waals surface area contributed by atoms with Gasteiger partial charge in [-0.15, -0.1) is 22.9 Å². The number of halogens is 1. The highest BCUT2D eigenvalue weighted by molar-refractivity contribution is 7.13. The van der Waals surface area contributed by atoms with Gasteiger partial charge in [0.15, 0.2) is 0 Å². The van der Waals surface area contributed by atoms with E-state index in [-0.39, 0.29) is 5.91 Å². The van der Waals surface area contributed by atoms with Gasteiger partial charge in [0.2, 0.25) is 5.91 Å². The molecule has 0 saturated heterocycles. The molecule has 0 bridgehead atoms. The lowest BCUT2D eigenvalue weighted by Gasteiger charge is -2.19. The summed E-state index contributed by atoms with van der Waals surface area (Å²) in [5.41, 5.74) is 2.65. The molecular formula is C16H19ClN2OS. The molecule has 0 aliphatic carbocycles. The number of nitrogens with zero attached hydrogens (tertiary/aromatic N) is 1. The topological polar surface area (TPSA) is 42.0 Å². The van der Waals surface area contributed by atoms with E-state index in [1.54, 1.807) is 11.3 Å². The van der Waals surface area contributed by atoms with E-state index in [1.165, 1.54) is 5.56 Å². The average Bonchev–Trinajstić information content (AvgIpc) is 2.93. The zero-order valence-corrected chi connectivity index (χ0v) is 14.0. The number of alkyl halides is 1. The van der Waals surface area contributed by atoms with Gasteiger partial charge >= 0.3 is 0 Å². The number of thiazole rings is 1. The Labute approximate surface area is 134 Å². The van der Waals surface area contributed by atoms with E-state index >= 15 is 0 Å². The molecule has 0 aliphatic heterocycles. The molecule has 1 heterocycles. The summed E-state index contributed by atoms with van der Waals surface area (Å²) in [6.07, 6.45) is 0. The first-order chi connectivity index (χ1) is 9.94. The molecule has 0 atom stereocenters. The van der Waals surface area contributed by atoms with Crippen LogP contribution in [0.25, 0.3) is 10.6 Å². The molecular weight excluding hydrogens is 304 g/mol. The van der Waals surface area contributed by atoms with Crippen molar-refractivity contribution in [3.05, 3.63) is 40.9 Å². The number of rotatable bonds is 5. The summed E-state index contributed by atoms with van der Waals surface area (Å²) < 4.78 is 0. The van der Waals surface area contributed by atoms with E-state index in [2.05, 4.69) is 29.4 Å². The molecule has 0 spiro atoms. The number of benzene rings is 1. The third-order valence-electron chi connectivity index (χ3n) is 3.31. The Morgan fingerprint density at radius 3 is 2.76 bits per heavy atom. The Morgan fingerprint density at radius 1 is 1.38 bits per heavy atom. The molecule has 1 N–H and O–H groups in total. The number of carbonyl (C=O) groups excluding carboxylic acids is 1. The second-order valence-corrected chi connectivity index (χ2v) is 6.78. The Bertz CT molecular complexity index is 637. The van der Waals surface area contributed by atoms with Gasteiger partial charge in [-0.05, 0) is 26.3 Å². The zero-order chi connectivity index (χ0) is 15.5. The minimum atomic E-state index is -0.559. The number of nitrogens with one attached hydrogen (secondary N) is 1. The van der Waals surface area contributed by atoms with Crippen LogP contribution in [-0.4, -0.2) is 16.8 Å². The predicted octanol–water partition coefficient (Wildman–Crippen LogP) is 4.00. The van der Waals surface area contributed by atoms with Gasteiger partial charge in [0.1, 0.15) is 5.01 Å². The van der Waals surface area contributed by atoms with Gasteiger partial charge in [0.05, 0.1) is 17.7 Å². The normalized spacial score (nSPS) is 11.4. The van der Waals surface area contributed by atoms with Crippen LogP contribution in [0.1, 0.15) is 25.1 Å². The van der Waals surface area contributed by atoms with Crippen molar-refractivity contribution in [1.82, 2.24) is 10.3 Å². The largest absolute Gasteiger partial charge is 0.350 e. The second-order valence-electron chi connectivity index (χ2n) is 5.66. The third-order valence-corrected chi connectivity index (χ3v) is 4.90. The van der Waals surface area contributed by atoms with Crippen LogP contribution in [-0.2, 0) is 11.3 Å². The number of amides is 1. The van der Waals surface area contributed by atoms with Crippen LogP contribution in [0.3, 0.4) is 0 Å². The lowest BCUT2D eigenvalue weighted by molar-refractivity contribution is -0.128. The molecule has 0 aliphatic rings. The summed E-state index contributed by atoms with van der Waals surface area (Å²) in [7, 11) is 0. The lowest BCUT2D eigenvalue weighted by Crippen LogP contribution is -2.37. The monoisotopic (exact) mass is 322 g/mol. The highest BCUT2D eigenvalue weighted by atomic mass is 35.5. The predicted molar refractivity (Wildman–Crippen MR) is 88.6 cm³/mol. The fourth-order valence-electron chi connectivity index (χ4n) is 1.80. The molecule has 0 saturated carbocycles. The highest BCUT2D eigenvalue weighted by Crippen LogP contribution is 2.26. The number of hydrogen-bond donors (Lipinski definition) is 1. The van der Waals surface area contributed by atoms with E-state index in [9.17, 15) is 4.79 Å². The summed E-state index contributed by atoms with van der Waals surface area (Å²) >= 11 is 7.39. The summed E-state index contributed by atoms with van der Waals surface area (Å²) in [4.78, 5) is 16.6. The van der Waals surface area contributed by atoms with Crippen LogP contribution >= 0.6 is 22.9 Å². The van der Waals surface area contributed by atoms with E-state index in [1.807, 2.05) is 31.4 Å². The van der Waals surface area contributed by atoms with E-state index < -0.39 is 5.41 Å². The van der Waals surface area contributed by atoms with Crippen LogP contribution in [0.15, 0.2) is 29.6 Å². The van der Waals surface area contributed by atoms with Crippen molar-refractivity contribution < 1.29 is 4.79 Å². The Morgan fingerprint density at radius 2 is 2.10 bits per heavy atom.